The molecule has 1 heterocycles. The molecule has 1 saturated heterocycles. The second-order valence-corrected chi connectivity index (χ2v) is 4.17. The number of nitrogens with zero attached hydrogens (tertiary/aromatic N) is 1. The van der Waals surface area contributed by atoms with Crippen LogP contribution in [0, 0.1) is 0 Å². The Hall–Kier alpha value is -1.42. The highest BCUT2D eigenvalue weighted by Gasteiger charge is 2.35. The van der Waals surface area contributed by atoms with Gasteiger partial charge in [0.25, 0.3) is 0 Å². The van der Waals surface area contributed by atoms with Crippen LogP contribution in [0.25, 0.3) is 0 Å². The zero-order chi connectivity index (χ0) is 11.5. The number of primary amides is 1. The van der Waals surface area contributed by atoms with E-state index >= 15 is 0 Å². The first-order valence-corrected chi connectivity index (χ1v) is 5.38. The molecular weight excluding hydrogens is 207 g/mol. The van der Waals surface area contributed by atoms with Crippen LogP contribution in [0.3, 0.4) is 0 Å². The lowest BCUT2D eigenvalue weighted by Crippen LogP contribution is -2.39. The molecule has 1 aromatic rings. The summed E-state index contributed by atoms with van der Waals surface area (Å²) < 4.78 is 13.2. The predicted octanol–water partition coefficient (Wildman–Crippen LogP) is 1.08. The molecule has 1 fully saturated rings. The van der Waals surface area contributed by atoms with Crippen LogP contribution < -0.4 is 5.73 Å². The molecule has 0 saturated carbocycles. The van der Waals surface area contributed by atoms with Crippen LogP contribution in [0.4, 0.5) is 4.39 Å². The molecule has 4 heteroatoms. The van der Waals surface area contributed by atoms with Crippen LogP contribution in [0.5, 0.6) is 0 Å². The summed E-state index contributed by atoms with van der Waals surface area (Å²) in [6, 6.07) is 9.25. The molecule has 0 spiro atoms. The van der Waals surface area contributed by atoms with Crippen LogP contribution in [0.15, 0.2) is 30.3 Å². The molecule has 86 valence electrons. The molecule has 1 aliphatic rings. The van der Waals surface area contributed by atoms with Gasteiger partial charge in [0, 0.05) is 19.5 Å². The molecule has 0 aromatic heterocycles. The number of likely N-dealkylation sites (tertiary alicyclic amines) is 1. The van der Waals surface area contributed by atoms with Crippen molar-refractivity contribution >= 4 is 5.91 Å². The third kappa shape index (κ3) is 2.39. The van der Waals surface area contributed by atoms with Gasteiger partial charge >= 0.3 is 0 Å². The normalized spacial score (nSPS) is 25.8. The number of carbonyl (C=O) groups is 1. The van der Waals surface area contributed by atoms with Crippen molar-refractivity contribution in [2.75, 3.05) is 6.54 Å². The van der Waals surface area contributed by atoms with E-state index in [1.165, 1.54) is 0 Å². The van der Waals surface area contributed by atoms with Crippen molar-refractivity contribution in [2.24, 2.45) is 5.73 Å². The van der Waals surface area contributed by atoms with Gasteiger partial charge in [-0.3, -0.25) is 9.69 Å². The molecule has 3 nitrogen and oxygen atoms in total. The fourth-order valence-electron chi connectivity index (χ4n) is 2.14. The molecule has 0 radical (unpaired) electrons. The summed E-state index contributed by atoms with van der Waals surface area (Å²) in [4.78, 5) is 13.0. The number of carbonyl (C=O) groups excluding carboxylic acids is 1. The lowest BCUT2D eigenvalue weighted by molar-refractivity contribution is -0.122. The topological polar surface area (TPSA) is 46.3 Å². The number of halogens is 1. The van der Waals surface area contributed by atoms with E-state index in [9.17, 15) is 9.18 Å². The zero-order valence-electron chi connectivity index (χ0n) is 8.97. The summed E-state index contributed by atoms with van der Waals surface area (Å²) in [5.74, 6) is -0.434. The average molecular weight is 222 g/mol. The fraction of sp³-hybridized carbons (Fsp3) is 0.417. The van der Waals surface area contributed by atoms with Crippen LogP contribution in [-0.2, 0) is 11.3 Å². The van der Waals surface area contributed by atoms with Crippen LogP contribution in [0.2, 0.25) is 0 Å². The molecule has 0 bridgehead atoms. The number of nitrogens with two attached hydrogens (primary N) is 1. The number of alkyl halides is 1. The van der Waals surface area contributed by atoms with E-state index in [1.54, 1.807) is 0 Å². The molecule has 2 N–H and O–H groups in total. The molecule has 16 heavy (non-hydrogen) atoms. The summed E-state index contributed by atoms with van der Waals surface area (Å²) in [6.45, 7) is 0.872. The minimum Gasteiger partial charge on any atom is -0.368 e. The second kappa shape index (κ2) is 4.61. The lowest BCUT2D eigenvalue weighted by atomic mass is 10.1. The van der Waals surface area contributed by atoms with Gasteiger partial charge in [-0.15, -0.1) is 0 Å². The highest BCUT2D eigenvalue weighted by atomic mass is 19.1. The van der Waals surface area contributed by atoms with Gasteiger partial charge in [-0.25, -0.2) is 4.39 Å². The second-order valence-electron chi connectivity index (χ2n) is 4.17. The largest absolute Gasteiger partial charge is 0.368 e. The molecule has 0 aliphatic carbocycles. The quantitative estimate of drug-likeness (QED) is 0.832. The van der Waals surface area contributed by atoms with Crippen molar-refractivity contribution in [3.05, 3.63) is 35.9 Å². The van der Waals surface area contributed by atoms with E-state index in [4.69, 9.17) is 5.73 Å². The molecule has 1 aliphatic heterocycles. The van der Waals surface area contributed by atoms with E-state index in [0.717, 1.165) is 5.56 Å². The summed E-state index contributed by atoms with van der Waals surface area (Å²) >= 11 is 0. The Labute approximate surface area is 94.0 Å². The number of hydrogen-bond acceptors (Lipinski definition) is 2. The third-order valence-electron chi connectivity index (χ3n) is 2.91. The van der Waals surface area contributed by atoms with Crippen LogP contribution >= 0.6 is 0 Å². The molecule has 2 unspecified atom stereocenters. The van der Waals surface area contributed by atoms with Crippen LogP contribution in [-0.4, -0.2) is 29.6 Å². The van der Waals surface area contributed by atoms with Gasteiger partial charge in [0.2, 0.25) is 5.91 Å². The monoisotopic (exact) mass is 222 g/mol. The predicted molar refractivity (Wildman–Crippen MR) is 59.3 cm³/mol. The van der Waals surface area contributed by atoms with E-state index in [1.807, 2.05) is 35.2 Å². The summed E-state index contributed by atoms with van der Waals surface area (Å²) in [7, 11) is 0. The van der Waals surface area contributed by atoms with E-state index in [2.05, 4.69) is 0 Å². The maximum Gasteiger partial charge on any atom is 0.234 e. The number of hydrogen-bond donors (Lipinski definition) is 1. The lowest BCUT2D eigenvalue weighted by Gasteiger charge is -2.21. The van der Waals surface area contributed by atoms with Crippen molar-refractivity contribution in [3.63, 3.8) is 0 Å². The van der Waals surface area contributed by atoms with Gasteiger partial charge in [-0.05, 0) is 5.56 Å². The van der Waals surface area contributed by atoms with Gasteiger partial charge in [0.05, 0.1) is 6.04 Å². The molecule has 1 aromatic carbocycles. The van der Waals surface area contributed by atoms with E-state index in [0.29, 0.717) is 13.1 Å². The summed E-state index contributed by atoms with van der Waals surface area (Å²) in [5, 5.41) is 0. The van der Waals surface area contributed by atoms with Gasteiger partial charge in [-0.2, -0.15) is 0 Å². The fourth-order valence-corrected chi connectivity index (χ4v) is 2.14. The standard InChI is InChI=1S/C12H15FN2O/c13-10-6-11(12(14)16)15(8-10)7-9-4-2-1-3-5-9/h1-5,10-11H,6-8H2,(H2,14,16). The van der Waals surface area contributed by atoms with Gasteiger partial charge in [0.1, 0.15) is 6.17 Å². The van der Waals surface area contributed by atoms with Crippen LogP contribution in [0.1, 0.15) is 12.0 Å². The maximum atomic E-state index is 13.2. The van der Waals surface area contributed by atoms with E-state index < -0.39 is 18.1 Å². The molecule has 2 rings (SSSR count). The first-order valence-electron chi connectivity index (χ1n) is 5.38. The Morgan fingerprint density at radius 1 is 1.44 bits per heavy atom. The number of rotatable bonds is 3. The van der Waals surface area contributed by atoms with Crippen molar-refractivity contribution < 1.29 is 9.18 Å². The van der Waals surface area contributed by atoms with Gasteiger partial charge < -0.3 is 5.73 Å². The van der Waals surface area contributed by atoms with Crippen molar-refractivity contribution in [2.45, 2.75) is 25.2 Å². The first-order chi connectivity index (χ1) is 7.66. The Morgan fingerprint density at radius 2 is 2.12 bits per heavy atom. The van der Waals surface area contributed by atoms with Gasteiger partial charge in [0.15, 0.2) is 0 Å². The Morgan fingerprint density at radius 3 is 2.75 bits per heavy atom. The smallest absolute Gasteiger partial charge is 0.234 e. The molecule has 1 amide bonds. The van der Waals surface area contributed by atoms with Crippen molar-refractivity contribution in [1.82, 2.24) is 4.90 Å². The average Bonchev–Trinajstić information content (AvgIpc) is 2.61. The Bertz CT molecular complexity index is 369. The summed E-state index contributed by atoms with van der Waals surface area (Å²) in [5.41, 5.74) is 6.33. The number of amides is 1. The molecule has 2 atom stereocenters. The SMILES string of the molecule is NC(=O)C1CC(F)CN1Cc1ccccc1. The van der Waals surface area contributed by atoms with E-state index in [-0.39, 0.29) is 6.42 Å². The van der Waals surface area contributed by atoms with Gasteiger partial charge in [-0.1, -0.05) is 30.3 Å². The Kier molecular flexibility index (Phi) is 3.19. The minimum absolute atomic E-state index is 0.224. The van der Waals surface area contributed by atoms with Crippen molar-refractivity contribution in [1.29, 1.82) is 0 Å². The molecular formula is C12H15FN2O. The first kappa shape index (κ1) is 11.1. The summed E-state index contributed by atoms with van der Waals surface area (Å²) in [6.07, 6.45) is -0.719. The minimum atomic E-state index is -0.943. The maximum absolute atomic E-state index is 13.2. The zero-order valence-corrected chi connectivity index (χ0v) is 8.97. The Balaban J connectivity index is 2.06. The van der Waals surface area contributed by atoms with Crippen molar-refractivity contribution in [3.8, 4) is 0 Å². The number of benzene rings is 1. The highest BCUT2D eigenvalue weighted by molar-refractivity contribution is 5.80. The third-order valence-corrected chi connectivity index (χ3v) is 2.91. The highest BCUT2D eigenvalue weighted by Crippen LogP contribution is 2.22.